The van der Waals surface area contributed by atoms with Gasteiger partial charge in [0.25, 0.3) is 0 Å². The third-order valence-electron chi connectivity index (χ3n) is 9.85. The van der Waals surface area contributed by atoms with Crippen molar-refractivity contribution in [2.45, 2.75) is 137 Å². The SMILES string of the molecule is CCC(C)(CC(C)(CC(C)(C)C(=O)O)C(=O)OC1(C)CCOC(=O)C1)C(=O)OC1(C)CCC2CCCCC2C1. The van der Waals surface area contributed by atoms with Gasteiger partial charge in [0.1, 0.15) is 11.2 Å². The van der Waals surface area contributed by atoms with Crippen molar-refractivity contribution in [1.29, 1.82) is 0 Å². The Kier molecular flexibility index (Phi) is 9.18. The summed E-state index contributed by atoms with van der Waals surface area (Å²) in [7, 11) is 0. The lowest BCUT2D eigenvalue weighted by atomic mass is 9.64. The number of hydrogen-bond acceptors (Lipinski definition) is 7. The van der Waals surface area contributed by atoms with Crippen LogP contribution < -0.4 is 0 Å². The molecule has 0 aromatic carbocycles. The van der Waals surface area contributed by atoms with Crippen LogP contribution in [0.4, 0.5) is 0 Å². The summed E-state index contributed by atoms with van der Waals surface area (Å²) in [6, 6.07) is 0. The third-order valence-corrected chi connectivity index (χ3v) is 9.85. The van der Waals surface area contributed by atoms with Crippen molar-refractivity contribution >= 4 is 23.9 Å². The number of cyclic esters (lactones) is 1. The maximum atomic E-state index is 13.9. The van der Waals surface area contributed by atoms with Gasteiger partial charge in [-0.1, -0.05) is 32.6 Å². The smallest absolute Gasteiger partial charge is 0.312 e. The Morgan fingerprint density at radius 1 is 0.897 bits per heavy atom. The third kappa shape index (κ3) is 7.35. The van der Waals surface area contributed by atoms with Crippen LogP contribution in [-0.4, -0.2) is 46.8 Å². The fraction of sp³-hybridized carbons (Fsp3) is 0.871. The monoisotopic (exact) mass is 550 g/mol. The molecule has 0 amide bonds. The number of esters is 3. The van der Waals surface area contributed by atoms with E-state index in [2.05, 4.69) is 0 Å². The van der Waals surface area contributed by atoms with Gasteiger partial charge in [-0.25, -0.2) is 0 Å². The molecule has 1 saturated heterocycles. The average molecular weight is 551 g/mol. The molecule has 1 aliphatic heterocycles. The quantitative estimate of drug-likeness (QED) is 0.251. The fourth-order valence-corrected chi connectivity index (χ4v) is 7.24. The molecule has 0 spiro atoms. The Labute approximate surface area is 233 Å². The average Bonchev–Trinajstić information content (AvgIpc) is 2.82. The molecular weight excluding hydrogens is 500 g/mol. The van der Waals surface area contributed by atoms with Crippen LogP contribution in [0.2, 0.25) is 0 Å². The molecule has 6 unspecified atom stereocenters. The molecule has 0 bridgehead atoms. The molecule has 2 saturated carbocycles. The minimum Gasteiger partial charge on any atom is -0.481 e. The Bertz CT molecular complexity index is 958. The molecule has 39 heavy (non-hydrogen) atoms. The van der Waals surface area contributed by atoms with E-state index < -0.39 is 45.4 Å². The highest BCUT2D eigenvalue weighted by atomic mass is 16.6. The number of carboxylic acid groups (broad SMARTS) is 1. The minimum absolute atomic E-state index is 0.0292. The molecule has 3 fully saturated rings. The molecule has 6 atom stereocenters. The number of carbonyl (C=O) groups is 4. The summed E-state index contributed by atoms with van der Waals surface area (Å²) in [5.41, 5.74) is -5.17. The van der Waals surface area contributed by atoms with Crippen molar-refractivity contribution < 1.29 is 38.5 Å². The Morgan fingerprint density at radius 3 is 2.08 bits per heavy atom. The summed E-state index contributed by atoms with van der Waals surface area (Å²) in [5, 5.41) is 9.90. The second-order valence-electron chi connectivity index (χ2n) is 14.4. The van der Waals surface area contributed by atoms with Gasteiger partial charge in [-0.15, -0.1) is 0 Å². The van der Waals surface area contributed by atoms with Gasteiger partial charge in [-0.05, 0) is 91.9 Å². The lowest BCUT2D eigenvalue weighted by molar-refractivity contribution is -0.190. The van der Waals surface area contributed by atoms with Crippen molar-refractivity contribution in [3.05, 3.63) is 0 Å². The number of fused-ring (bicyclic) bond motifs is 1. The van der Waals surface area contributed by atoms with Crippen LogP contribution in [0.25, 0.3) is 0 Å². The van der Waals surface area contributed by atoms with Crippen LogP contribution in [-0.2, 0) is 33.4 Å². The largest absolute Gasteiger partial charge is 0.481 e. The zero-order valence-electron chi connectivity index (χ0n) is 25.2. The number of carboxylic acids is 1. The summed E-state index contributed by atoms with van der Waals surface area (Å²) in [5.74, 6) is -1.12. The van der Waals surface area contributed by atoms with Crippen LogP contribution in [0.5, 0.6) is 0 Å². The van der Waals surface area contributed by atoms with Crippen molar-refractivity contribution in [1.82, 2.24) is 0 Å². The van der Waals surface area contributed by atoms with Gasteiger partial charge in [0.15, 0.2) is 0 Å². The summed E-state index contributed by atoms with van der Waals surface area (Å²) in [6.07, 6.45) is 8.49. The first kappa shape index (κ1) is 31.4. The molecular formula is C31H50O8. The Hall–Kier alpha value is -2.12. The van der Waals surface area contributed by atoms with E-state index in [1.807, 2.05) is 20.8 Å². The van der Waals surface area contributed by atoms with Gasteiger partial charge >= 0.3 is 23.9 Å². The molecule has 0 aromatic rings. The predicted octanol–water partition coefficient (Wildman–Crippen LogP) is 6.23. The van der Waals surface area contributed by atoms with E-state index in [1.165, 1.54) is 25.7 Å². The molecule has 1 heterocycles. The van der Waals surface area contributed by atoms with E-state index >= 15 is 0 Å². The molecule has 0 radical (unpaired) electrons. The van der Waals surface area contributed by atoms with E-state index in [0.29, 0.717) is 18.8 Å². The first-order chi connectivity index (χ1) is 17.9. The predicted molar refractivity (Wildman–Crippen MR) is 146 cm³/mol. The van der Waals surface area contributed by atoms with Gasteiger partial charge in [0, 0.05) is 6.42 Å². The normalized spacial score (nSPS) is 32.5. The summed E-state index contributed by atoms with van der Waals surface area (Å²) in [4.78, 5) is 51.8. The summed E-state index contributed by atoms with van der Waals surface area (Å²) >= 11 is 0. The molecule has 8 heteroatoms. The molecule has 3 rings (SSSR count). The zero-order valence-corrected chi connectivity index (χ0v) is 25.2. The van der Waals surface area contributed by atoms with Crippen molar-refractivity contribution in [2.24, 2.45) is 28.1 Å². The molecule has 3 aliphatic rings. The van der Waals surface area contributed by atoms with Crippen LogP contribution in [0.3, 0.4) is 0 Å². The molecule has 2 aliphatic carbocycles. The molecule has 1 N–H and O–H groups in total. The Morgan fingerprint density at radius 2 is 1.49 bits per heavy atom. The second kappa shape index (κ2) is 11.4. The van der Waals surface area contributed by atoms with Crippen LogP contribution in [0.15, 0.2) is 0 Å². The van der Waals surface area contributed by atoms with Crippen molar-refractivity contribution in [2.75, 3.05) is 6.61 Å². The lowest BCUT2D eigenvalue weighted by Gasteiger charge is -2.46. The summed E-state index contributed by atoms with van der Waals surface area (Å²) < 4.78 is 17.3. The number of hydrogen-bond donors (Lipinski definition) is 1. The van der Waals surface area contributed by atoms with Gasteiger partial charge < -0.3 is 19.3 Å². The maximum Gasteiger partial charge on any atom is 0.312 e. The highest BCUT2D eigenvalue weighted by molar-refractivity contribution is 5.83. The van der Waals surface area contributed by atoms with Gasteiger partial charge in [0.05, 0.1) is 29.3 Å². The van der Waals surface area contributed by atoms with Crippen molar-refractivity contribution in [3.63, 3.8) is 0 Å². The number of carbonyl (C=O) groups excluding carboxylic acids is 3. The minimum atomic E-state index is -1.31. The topological polar surface area (TPSA) is 116 Å². The summed E-state index contributed by atoms with van der Waals surface area (Å²) in [6.45, 7) is 12.4. The van der Waals surface area contributed by atoms with Gasteiger partial charge in [-0.2, -0.15) is 0 Å². The van der Waals surface area contributed by atoms with E-state index in [0.717, 1.165) is 25.2 Å². The standard InChI is InChI=1S/C31H50O8/c1-8-28(4,25(35)38-30(6)14-13-21-11-9-10-12-22(21)17-30)20-29(5,19-27(2,3)24(33)34)26(36)39-31(7)15-16-37-23(32)18-31/h21-22H,8-20H2,1-7H3,(H,33,34). The highest BCUT2D eigenvalue weighted by Gasteiger charge is 2.52. The van der Waals surface area contributed by atoms with Gasteiger partial charge in [0.2, 0.25) is 0 Å². The van der Waals surface area contributed by atoms with Crippen LogP contribution in [0.1, 0.15) is 126 Å². The second-order valence-corrected chi connectivity index (χ2v) is 14.4. The number of rotatable bonds is 10. The van der Waals surface area contributed by atoms with Crippen molar-refractivity contribution in [3.8, 4) is 0 Å². The van der Waals surface area contributed by atoms with Crippen LogP contribution in [0, 0.1) is 28.1 Å². The van der Waals surface area contributed by atoms with Crippen LogP contribution >= 0.6 is 0 Å². The maximum absolute atomic E-state index is 13.9. The highest BCUT2D eigenvalue weighted by Crippen LogP contribution is 2.49. The first-order valence-electron chi connectivity index (χ1n) is 14.8. The molecule has 8 nitrogen and oxygen atoms in total. The van der Waals surface area contributed by atoms with E-state index in [4.69, 9.17) is 14.2 Å². The molecule has 0 aromatic heterocycles. The first-order valence-corrected chi connectivity index (χ1v) is 14.8. The van der Waals surface area contributed by atoms with E-state index in [-0.39, 0.29) is 31.8 Å². The van der Waals surface area contributed by atoms with E-state index in [9.17, 15) is 24.3 Å². The fourth-order valence-electron chi connectivity index (χ4n) is 7.24. The Balaban J connectivity index is 1.84. The lowest BCUT2D eigenvalue weighted by Crippen LogP contribution is -2.49. The number of ether oxygens (including phenoxy) is 3. The zero-order chi connectivity index (χ0) is 29.3. The molecule has 222 valence electrons. The van der Waals surface area contributed by atoms with Gasteiger partial charge in [-0.3, -0.25) is 19.2 Å². The van der Waals surface area contributed by atoms with E-state index in [1.54, 1.807) is 27.7 Å². The number of aliphatic carboxylic acids is 1.